The minimum atomic E-state index is -0.0762. The number of nitrogens with zero attached hydrogens (tertiary/aromatic N) is 1. The molecule has 0 radical (unpaired) electrons. The molecule has 1 saturated carbocycles. The van der Waals surface area contributed by atoms with Crippen LogP contribution in [0.1, 0.15) is 46.1 Å². The molecule has 1 aliphatic rings. The second-order valence-corrected chi connectivity index (χ2v) is 6.35. The van der Waals surface area contributed by atoms with Crippen molar-refractivity contribution in [1.82, 2.24) is 10.3 Å². The van der Waals surface area contributed by atoms with Crippen LogP contribution in [0.5, 0.6) is 0 Å². The number of methoxy groups -OCH3 is 1. The Balaban J connectivity index is 2.03. The van der Waals surface area contributed by atoms with Crippen LogP contribution >= 0.6 is 11.3 Å². The van der Waals surface area contributed by atoms with E-state index >= 15 is 0 Å². The first-order valence-corrected chi connectivity index (χ1v) is 7.84. The number of amides is 1. The highest BCUT2D eigenvalue weighted by Crippen LogP contribution is 2.25. The zero-order valence-corrected chi connectivity index (χ0v) is 12.8. The summed E-state index contributed by atoms with van der Waals surface area (Å²) in [4.78, 5) is 17.3. The average molecular weight is 298 g/mol. The van der Waals surface area contributed by atoms with Crippen LogP contribution in [0.25, 0.3) is 0 Å². The van der Waals surface area contributed by atoms with E-state index in [1.807, 2.05) is 6.92 Å². The van der Waals surface area contributed by atoms with Crippen molar-refractivity contribution in [3.63, 3.8) is 0 Å². The van der Waals surface area contributed by atoms with E-state index in [4.69, 9.17) is 4.74 Å². The Labute approximate surface area is 123 Å². The fourth-order valence-electron chi connectivity index (χ4n) is 2.70. The third-order valence-corrected chi connectivity index (χ3v) is 4.90. The SMILES string of the molecule is COCc1nc(C)c(C(=O)NC2CCCCC2CO)s1. The van der Waals surface area contributed by atoms with E-state index in [0.29, 0.717) is 11.5 Å². The van der Waals surface area contributed by atoms with Gasteiger partial charge in [0.25, 0.3) is 5.91 Å². The van der Waals surface area contributed by atoms with Crippen LogP contribution in [0.4, 0.5) is 0 Å². The van der Waals surface area contributed by atoms with Gasteiger partial charge in [-0.15, -0.1) is 11.3 Å². The van der Waals surface area contributed by atoms with Crippen LogP contribution in [0.3, 0.4) is 0 Å². The van der Waals surface area contributed by atoms with Crippen molar-refractivity contribution >= 4 is 17.2 Å². The molecule has 5 nitrogen and oxygen atoms in total. The van der Waals surface area contributed by atoms with E-state index in [-0.39, 0.29) is 24.5 Å². The fourth-order valence-corrected chi connectivity index (χ4v) is 3.64. The third-order valence-electron chi connectivity index (χ3n) is 3.78. The van der Waals surface area contributed by atoms with E-state index in [1.165, 1.54) is 11.3 Å². The van der Waals surface area contributed by atoms with Gasteiger partial charge in [-0.05, 0) is 19.8 Å². The van der Waals surface area contributed by atoms with Crippen molar-refractivity contribution in [2.24, 2.45) is 5.92 Å². The molecule has 1 amide bonds. The Kier molecular flexibility index (Phi) is 5.51. The maximum Gasteiger partial charge on any atom is 0.263 e. The van der Waals surface area contributed by atoms with Gasteiger partial charge in [-0.1, -0.05) is 12.8 Å². The van der Waals surface area contributed by atoms with Gasteiger partial charge in [0, 0.05) is 25.7 Å². The molecule has 112 valence electrons. The predicted molar refractivity (Wildman–Crippen MR) is 77.9 cm³/mol. The molecular weight excluding hydrogens is 276 g/mol. The number of rotatable bonds is 5. The summed E-state index contributed by atoms with van der Waals surface area (Å²) in [7, 11) is 1.62. The molecule has 1 fully saturated rings. The lowest BCUT2D eigenvalue weighted by Crippen LogP contribution is -2.43. The largest absolute Gasteiger partial charge is 0.396 e. The van der Waals surface area contributed by atoms with Gasteiger partial charge in [-0.3, -0.25) is 4.79 Å². The van der Waals surface area contributed by atoms with Crippen molar-refractivity contribution < 1.29 is 14.6 Å². The smallest absolute Gasteiger partial charge is 0.263 e. The van der Waals surface area contributed by atoms with Crippen molar-refractivity contribution in [2.75, 3.05) is 13.7 Å². The normalized spacial score (nSPS) is 22.8. The lowest BCUT2D eigenvalue weighted by molar-refractivity contribution is 0.0876. The van der Waals surface area contributed by atoms with Crippen LogP contribution in [-0.2, 0) is 11.3 Å². The summed E-state index contributed by atoms with van der Waals surface area (Å²) in [5, 5.41) is 13.3. The summed E-state index contributed by atoms with van der Waals surface area (Å²) < 4.78 is 5.04. The summed E-state index contributed by atoms with van der Waals surface area (Å²) in [5.41, 5.74) is 0.746. The lowest BCUT2D eigenvalue weighted by atomic mass is 9.85. The highest BCUT2D eigenvalue weighted by Gasteiger charge is 2.27. The van der Waals surface area contributed by atoms with Gasteiger partial charge >= 0.3 is 0 Å². The second kappa shape index (κ2) is 7.15. The van der Waals surface area contributed by atoms with Crippen molar-refractivity contribution in [3.05, 3.63) is 15.6 Å². The Morgan fingerprint density at radius 3 is 2.95 bits per heavy atom. The number of thiazole rings is 1. The molecule has 6 heteroatoms. The predicted octanol–water partition coefficient (Wildman–Crippen LogP) is 1.88. The van der Waals surface area contributed by atoms with Gasteiger partial charge in [0.1, 0.15) is 9.88 Å². The van der Waals surface area contributed by atoms with Gasteiger partial charge in [-0.2, -0.15) is 0 Å². The number of aromatic nitrogens is 1. The number of carbonyl (C=O) groups is 1. The molecule has 0 bridgehead atoms. The lowest BCUT2D eigenvalue weighted by Gasteiger charge is -2.30. The van der Waals surface area contributed by atoms with E-state index < -0.39 is 0 Å². The minimum Gasteiger partial charge on any atom is -0.396 e. The minimum absolute atomic E-state index is 0.0762. The van der Waals surface area contributed by atoms with Gasteiger partial charge in [0.15, 0.2) is 0 Å². The van der Waals surface area contributed by atoms with E-state index in [2.05, 4.69) is 10.3 Å². The molecule has 0 aliphatic heterocycles. The molecule has 0 spiro atoms. The first kappa shape index (κ1) is 15.4. The molecule has 0 aromatic carbocycles. The first-order valence-electron chi connectivity index (χ1n) is 7.02. The molecule has 20 heavy (non-hydrogen) atoms. The van der Waals surface area contributed by atoms with Gasteiger partial charge in [0.05, 0.1) is 12.3 Å². The topological polar surface area (TPSA) is 71.5 Å². The Morgan fingerprint density at radius 2 is 2.25 bits per heavy atom. The standard InChI is InChI=1S/C14H22N2O3S/c1-9-13(20-12(15-9)8-19-2)14(18)16-11-6-4-3-5-10(11)7-17/h10-11,17H,3-8H2,1-2H3,(H,16,18). The van der Waals surface area contributed by atoms with Crippen LogP contribution in [0.2, 0.25) is 0 Å². The second-order valence-electron chi connectivity index (χ2n) is 5.26. The number of carbonyl (C=O) groups excluding carboxylic acids is 1. The zero-order chi connectivity index (χ0) is 14.5. The van der Waals surface area contributed by atoms with Crippen molar-refractivity contribution in [2.45, 2.75) is 45.3 Å². The molecule has 2 rings (SSSR count). The Bertz CT molecular complexity index is 461. The zero-order valence-electron chi connectivity index (χ0n) is 12.0. The molecule has 2 atom stereocenters. The number of ether oxygens (including phenoxy) is 1. The molecule has 1 heterocycles. The Hall–Kier alpha value is -0.980. The highest BCUT2D eigenvalue weighted by atomic mass is 32.1. The van der Waals surface area contributed by atoms with E-state index in [1.54, 1.807) is 7.11 Å². The van der Waals surface area contributed by atoms with Crippen LogP contribution < -0.4 is 5.32 Å². The maximum absolute atomic E-state index is 12.3. The van der Waals surface area contributed by atoms with Crippen LogP contribution in [0, 0.1) is 12.8 Å². The number of hydrogen-bond donors (Lipinski definition) is 2. The molecule has 2 unspecified atom stereocenters. The van der Waals surface area contributed by atoms with Crippen LogP contribution in [-0.4, -0.2) is 35.8 Å². The van der Waals surface area contributed by atoms with Gasteiger partial charge in [0.2, 0.25) is 0 Å². The number of aryl methyl sites for hydroxylation is 1. The number of aliphatic hydroxyl groups is 1. The molecule has 0 saturated heterocycles. The van der Waals surface area contributed by atoms with Crippen molar-refractivity contribution in [3.8, 4) is 0 Å². The van der Waals surface area contributed by atoms with Crippen molar-refractivity contribution in [1.29, 1.82) is 0 Å². The monoisotopic (exact) mass is 298 g/mol. The first-order chi connectivity index (χ1) is 9.65. The van der Waals surface area contributed by atoms with E-state index in [0.717, 1.165) is 36.4 Å². The number of hydrogen-bond acceptors (Lipinski definition) is 5. The number of aliphatic hydroxyl groups excluding tert-OH is 1. The van der Waals surface area contributed by atoms with E-state index in [9.17, 15) is 9.90 Å². The molecule has 1 aromatic rings. The summed E-state index contributed by atoms with van der Waals surface area (Å²) >= 11 is 1.38. The molecule has 2 N–H and O–H groups in total. The molecule has 1 aromatic heterocycles. The number of nitrogens with one attached hydrogen (secondary N) is 1. The summed E-state index contributed by atoms with van der Waals surface area (Å²) in [6.07, 6.45) is 4.17. The highest BCUT2D eigenvalue weighted by molar-refractivity contribution is 7.13. The maximum atomic E-state index is 12.3. The summed E-state index contributed by atoms with van der Waals surface area (Å²) in [6.45, 7) is 2.41. The summed E-state index contributed by atoms with van der Waals surface area (Å²) in [5.74, 6) is 0.104. The quantitative estimate of drug-likeness (QED) is 0.870. The van der Waals surface area contributed by atoms with Crippen LogP contribution in [0.15, 0.2) is 0 Å². The third kappa shape index (κ3) is 3.56. The Morgan fingerprint density at radius 1 is 1.50 bits per heavy atom. The van der Waals surface area contributed by atoms with Gasteiger partial charge in [-0.25, -0.2) is 4.98 Å². The fraction of sp³-hybridized carbons (Fsp3) is 0.714. The molecule has 1 aliphatic carbocycles. The molecular formula is C14H22N2O3S. The average Bonchev–Trinajstić information content (AvgIpc) is 2.81. The van der Waals surface area contributed by atoms with Gasteiger partial charge < -0.3 is 15.2 Å². The summed E-state index contributed by atoms with van der Waals surface area (Å²) in [6, 6.07) is 0.0774.